The number of ether oxygens (including phenoxy) is 1. The van der Waals surface area contributed by atoms with Gasteiger partial charge in [0.05, 0.1) is 12.7 Å². The van der Waals surface area contributed by atoms with Gasteiger partial charge in [-0.05, 0) is 51.0 Å². The first-order valence-electron chi connectivity index (χ1n) is 7.94. The summed E-state index contributed by atoms with van der Waals surface area (Å²) >= 11 is 0. The Hall–Kier alpha value is -0.860. The van der Waals surface area contributed by atoms with E-state index in [9.17, 15) is 0 Å². The van der Waals surface area contributed by atoms with Crippen LogP contribution < -0.4 is 0 Å². The van der Waals surface area contributed by atoms with Gasteiger partial charge in [-0.3, -0.25) is 4.90 Å². The molecule has 1 saturated heterocycles. The summed E-state index contributed by atoms with van der Waals surface area (Å²) in [5, 5.41) is 0. The van der Waals surface area contributed by atoms with Crippen molar-refractivity contribution in [2.75, 3.05) is 13.1 Å². The highest BCUT2D eigenvalue weighted by Crippen LogP contribution is 2.41. The third-order valence-electron chi connectivity index (χ3n) is 4.98. The van der Waals surface area contributed by atoms with Crippen molar-refractivity contribution in [1.82, 2.24) is 4.90 Å². The largest absolute Gasteiger partial charge is 0.373 e. The van der Waals surface area contributed by atoms with Crippen LogP contribution in [0.5, 0.6) is 0 Å². The van der Waals surface area contributed by atoms with E-state index < -0.39 is 0 Å². The molecule has 1 heterocycles. The zero-order chi connectivity index (χ0) is 14.2. The highest BCUT2D eigenvalue weighted by Gasteiger charge is 2.44. The molecule has 1 aliphatic heterocycles. The van der Waals surface area contributed by atoms with E-state index in [0.29, 0.717) is 11.6 Å². The summed E-state index contributed by atoms with van der Waals surface area (Å²) in [5.74, 6) is 1.47. The number of fused-ring (bicyclic) bond motifs is 2. The molecule has 2 bridgehead atoms. The average Bonchev–Trinajstić information content (AvgIpc) is 2.65. The smallest absolute Gasteiger partial charge is 0.0720 e. The molecule has 0 amide bonds. The van der Waals surface area contributed by atoms with Crippen LogP contribution in [0.25, 0.3) is 0 Å². The molecule has 110 valence electrons. The zero-order valence-corrected chi connectivity index (χ0v) is 13.0. The number of hydrogen-bond donors (Lipinski definition) is 0. The van der Waals surface area contributed by atoms with E-state index in [4.69, 9.17) is 4.74 Å². The van der Waals surface area contributed by atoms with Crippen LogP contribution >= 0.6 is 0 Å². The lowest BCUT2D eigenvalue weighted by atomic mass is 9.91. The lowest BCUT2D eigenvalue weighted by molar-refractivity contribution is -0.0681. The molecule has 20 heavy (non-hydrogen) atoms. The molecule has 3 atom stereocenters. The van der Waals surface area contributed by atoms with E-state index in [-0.39, 0.29) is 0 Å². The molecule has 2 nitrogen and oxygen atoms in total. The molecular weight excluding hydrogens is 246 g/mol. The van der Waals surface area contributed by atoms with Gasteiger partial charge in [0.15, 0.2) is 0 Å². The van der Waals surface area contributed by atoms with Crippen LogP contribution in [0.3, 0.4) is 0 Å². The second-order valence-electron chi connectivity index (χ2n) is 7.43. The molecule has 0 aromatic heterocycles. The fraction of sp³-hybridized carbons (Fsp3) is 0.667. The van der Waals surface area contributed by atoms with E-state index in [0.717, 1.165) is 18.4 Å². The Labute approximate surface area is 123 Å². The predicted molar refractivity (Wildman–Crippen MR) is 82.6 cm³/mol. The Bertz CT molecular complexity index is 422. The molecule has 0 spiro atoms. The molecule has 2 aliphatic rings. The molecule has 2 heteroatoms. The molecule has 2 fully saturated rings. The van der Waals surface area contributed by atoms with Crippen LogP contribution in [0.2, 0.25) is 0 Å². The molecule has 0 N–H and O–H groups in total. The number of rotatable bonds is 3. The first kappa shape index (κ1) is 14.1. The Balaban J connectivity index is 1.60. The summed E-state index contributed by atoms with van der Waals surface area (Å²) in [6.45, 7) is 10.2. The topological polar surface area (TPSA) is 12.5 Å². The molecule has 0 radical (unpaired) electrons. The van der Waals surface area contributed by atoms with Crippen LogP contribution in [0.4, 0.5) is 0 Å². The van der Waals surface area contributed by atoms with Crippen molar-refractivity contribution in [3.8, 4) is 0 Å². The van der Waals surface area contributed by atoms with Crippen molar-refractivity contribution < 1.29 is 4.74 Å². The SMILES string of the molecule is CC(C)(C)N1C[C@H]2CC[C@@H](C1)[C@H]2OCc1ccccc1. The standard InChI is InChI=1S/C18H27NO/c1-18(2,3)19-11-15-9-10-16(12-19)17(15)20-13-14-7-5-4-6-8-14/h4-8,15-17H,9-13H2,1-3H3/t15-,16+,17+. The zero-order valence-electron chi connectivity index (χ0n) is 13.0. The second kappa shape index (κ2) is 5.50. The fourth-order valence-electron chi connectivity index (χ4n) is 3.76. The van der Waals surface area contributed by atoms with E-state index in [1.54, 1.807) is 0 Å². The van der Waals surface area contributed by atoms with Gasteiger partial charge in [0, 0.05) is 18.6 Å². The monoisotopic (exact) mass is 273 g/mol. The van der Waals surface area contributed by atoms with Crippen LogP contribution in [0, 0.1) is 11.8 Å². The number of hydrogen-bond acceptors (Lipinski definition) is 2. The highest BCUT2D eigenvalue weighted by atomic mass is 16.5. The van der Waals surface area contributed by atoms with Crippen LogP contribution in [0.15, 0.2) is 30.3 Å². The summed E-state index contributed by atoms with van der Waals surface area (Å²) in [6, 6.07) is 10.6. The molecule has 3 rings (SSSR count). The van der Waals surface area contributed by atoms with Gasteiger partial charge in [-0.25, -0.2) is 0 Å². The molecule has 1 aromatic rings. The Kier molecular flexibility index (Phi) is 3.87. The van der Waals surface area contributed by atoms with Crippen LogP contribution in [-0.4, -0.2) is 29.6 Å². The molecule has 1 aromatic carbocycles. The summed E-state index contributed by atoms with van der Waals surface area (Å²) in [7, 11) is 0. The van der Waals surface area contributed by atoms with Crippen molar-refractivity contribution in [1.29, 1.82) is 0 Å². The van der Waals surface area contributed by atoms with E-state index in [2.05, 4.69) is 56.0 Å². The lowest BCUT2D eigenvalue weighted by Crippen LogP contribution is -2.53. The maximum absolute atomic E-state index is 6.29. The molecule has 0 unspecified atom stereocenters. The number of likely N-dealkylation sites (tertiary alicyclic amines) is 1. The summed E-state index contributed by atoms with van der Waals surface area (Å²) in [4.78, 5) is 2.65. The van der Waals surface area contributed by atoms with Gasteiger partial charge in [-0.15, -0.1) is 0 Å². The van der Waals surface area contributed by atoms with Crippen molar-refractivity contribution in [3.63, 3.8) is 0 Å². The molecule has 1 saturated carbocycles. The first-order valence-corrected chi connectivity index (χ1v) is 7.94. The summed E-state index contributed by atoms with van der Waals surface area (Å²) in [5.41, 5.74) is 1.59. The van der Waals surface area contributed by atoms with Gasteiger partial charge in [0.25, 0.3) is 0 Å². The van der Waals surface area contributed by atoms with E-state index >= 15 is 0 Å². The van der Waals surface area contributed by atoms with Crippen molar-refractivity contribution >= 4 is 0 Å². The van der Waals surface area contributed by atoms with Crippen molar-refractivity contribution in [3.05, 3.63) is 35.9 Å². The third-order valence-corrected chi connectivity index (χ3v) is 4.98. The fourth-order valence-corrected chi connectivity index (χ4v) is 3.76. The average molecular weight is 273 g/mol. The number of benzene rings is 1. The molecular formula is C18H27NO. The maximum Gasteiger partial charge on any atom is 0.0720 e. The predicted octanol–water partition coefficient (Wildman–Crippen LogP) is 3.71. The third kappa shape index (κ3) is 2.91. The quantitative estimate of drug-likeness (QED) is 0.832. The van der Waals surface area contributed by atoms with Crippen molar-refractivity contribution in [2.45, 2.75) is 51.9 Å². The summed E-state index contributed by atoms with van der Waals surface area (Å²) in [6.07, 6.45) is 3.17. The lowest BCUT2D eigenvalue weighted by Gasteiger charge is -2.44. The van der Waals surface area contributed by atoms with Gasteiger partial charge in [0.2, 0.25) is 0 Å². The minimum atomic E-state index is 0.297. The minimum Gasteiger partial charge on any atom is -0.373 e. The Morgan fingerprint density at radius 1 is 1.05 bits per heavy atom. The van der Waals surface area contributed by atoms with Crippen molar-refractivity contribution in [2.24, 2.45) is 11.8 Å². The normalized spacial score (nSPS) is 30.6. The molecule has 1 aliphatic carbocycles. The van der Waals surface area contributed by atoms with Gasteiger partial charge in [-0.2, -0.15) is 0 Å². The van der Waals surface area contributed by atoms with Crippen LogP contribution in [-0.2, 0) is 11.3 Å². The first-order chi connectivity index (χ1) is 9.54. The highest BCUT2D eigenvalue weighted by molar-refractivity contribution is 5.13. The van der Waals surface area contributed by atoms with Gasteiger partial charge in [-0.1, -0.05) is 30.3 Å². The van der Waals surface area contributed by atoms with Gasteiger partial charge in [0.1, 0.15) is 0 Å². The maximum atomic E-state index is 6.29. The van der Waals surface area contributed by atoms with Gasteiger partial charge >= 0.3 is 0 Å². The number of nitrogens with zero attached hydrogens (tertiary/aromatic N) is 1. The summed E-state index contributed by atoms with van der Waals surface area (Å²) < 4.78 is 6.29. The van der Waals surface area contributed by atoms with E-state index in [1.165, 1.54) is 31.5 Å². The Morgan fingerprint density at radius 2 is 1.65 bits per heavy atom. The second-order valence-corrected chi connectivity index (χ2v) is 7.43. The van der Waals surface area contributed by atoms with E-state index in [1.807, 2.05) is 0 Å². The Morgan fingerprint density at radius 3 is 2.20 bits per heavy atom. The minimum absolute atomic E-state index is 0.297. The number of piperidine rings is 1. The van der Waals surface area contributed by atoms with Crippen LogP contribution in [0.1, 0.15) is 39.2 Å². The van der Waals surface area contributed by atoms with Gasteiger partial charge < -0.3 is 4.74 Å².